The van der Waals surface area contributed by atoms with Crippen molar-refractivity contribution in [1.29, 1.82) is 0 Å². The lowest BCUT2D eigenvalue weighted by Crippen LogP contribution is -1.85. The summed E-state index contributed by atoms with van der Waals surface area (Å²) in [4.78, 5) is 0. The van der Waals surface area contributed by atoms with Gasteiger partial charge in [0.25, 0.3) is 0 Å². The maximum Gasteiger partial charge on any atom is 0.0477 e. The lowest BCUT2D eigenvalue weighted by atomic mass is 10.00. The van der Waals surface area contributed by atoms with Gasteiger partial charge >= 0.3 is 0 Å². The van der Waals surface area contributed by atoms with Crippen molar-refractivity contribution in [2.45, 2.75) is 0 Å². The maximum atomic E-state index is 5.45. The fraction of sp³-hybridized carbons (Fsp3) is 0. The summed E-state index contributed by atoms with van der Waals surface area (Å²) in [6.07, 6.45) is 10.8. The molecule has 0 aromatic heterocycles. The summed E-state index contributed by atoms with van der Waals surface area (Å²) in [6.45, 7) is 0. The Hall–Kier alpha value is -2.18. The molecule has 2 rings (SSSR count). The second-order valence-corrected chi connectivity index (χ2v) is 3.00. The number of rotatable bonds is 0. The number of benzene rings is 2. The average Bonchev–Trinajstić information content (AvgIpc) is 2.27. The molecule has 0 aliphatic rings. The smallest absolute Gasteiger partial charge is 0.0477 e. The Kier molecular flexibility index (Phi) is 1.98. The van der Waals surface area contributed by atoms with Gasteiger partial charge in [-0.3, -0.25) is 0 Å². The Morgan fingerprint density at radius 2 is 1.64 bits per heavy atom. The van der Waals surface area contributed by atoms with Gasteiger partial charge in [0.15, 0.2) is 0 Å². The number of fused-ring (bicyclic) bond motifs is 1. The third-order valence-corrected chi connectivity index (χ3v) is 2.23. The highest BCUT2D eigenvalue weighted by Gasteiger charge is 2.02. The summed E-state index contributed by atoms with van der Waals surface area (Å²) in [5.74, 6) is 5.24. The number of hydrogen-bond acceptors (Lipinski definition) is 0. The Morgan fingerprint density at radius 3 is 2.36 bits per heavy atom. The highest BCUT2D eigenvalue weighted by Crippen LogP contribution is 2.20. The van der Waals surface area contributed by atoms with Crippen LogP contribution in [0.25, 0.3) is 10.8 Å². The van der Waals surface area contributed by atoms with Crippen molar-refractivity contribution < 1.29 is 0 Å². The van der Waals surface area contributed by atoms with Gasteiger partial charge in [0.05, 0.1) is 0 Å². The van der Waals surface area contributed by atoms with Crippen LogP contribution < -0.4 is 0 Å². The summed E-state index contributed by atoms with van der Waals surface area (Å²) in [7, 11) is 0. The molecule has 2 aromatic carbocycles. The van der Waals surface area contributed by atoms with Crippen LogP contribution in [0, 0.1) is 24.7 Å². The first-order chi connectivity index (χ1) is 6.86. The Bertz CT molecular complexity index is 563. The van der Waals surface area contributed by atoms with E-state index in [0.29, 0.717) is 0 Å². The Morgan fingerprint density at radius 1 is 0.857 bits per heavy atom. The number of terminal acetylenes is 2. The molecule has 0 radical (unpaired) electrons. The maximum absolute atomic E-state index is 5.45. The predicted molar refractivity (Wildman–Crippen MR) is 59.8 cm³/mol. The predicted octanol–water partition coefficient (Wildman–Crippen LogP) is 2.80. The molecule has 0 N–H and O–H groups in total. The van der Waals surface area contributed by atoms with Crippen molar-refractivity contribution in [3.05, 3.63) is 47.5 Å². The molecule has 0 saturated heterocycles. The Balaban J connectivity index is 2.94. The zero-order valence-electron chi connectivity index (χ0n) is 7.62. The minimum absolute atomic E-state index is 0.784. The summed E-state index contributed by atoms with van der Waals surface area (Å²) < 4.78 is 0. The molecule has 0 atom stereocenters. The van der Waals surface area contributed by atoms with Gasteiger partial charge in [-0.15, -0.1) is 12.8 Å². The minimum Gasteiger partial charge on any atom is -0.115 e. The van der Waals surface area contributed by atoms with E-state index in [1.807, 2.05) is 36.4 Å². The second-order valence-electron chi connectivity index (χ2n) is 3.00. The van der Waals surface area contributed by atoms with Crippen LogP contribution in [0.5, 0.6) is 0 Å². The van der Waals surface area contributed by atoms with Crippen LogP contribution in [0.1, 0.15) is 11.1 Å². The third kappa shape index (κ3) is 1.15. The first-order valence-corrected chi connectivity index (χ1v) is 4.32. The normalized spacial score (nSPS) is 9.29. The molecule has 0 heterocycles. The van der Waals surface area contributed by atoms with Crippen LogP contribution in [0.15, 0.2) is 36.4 Å². The van der Waals surface area contributed by atoms with Crippen LogP contribution in [0.2, 0.25) is 0 Å². The van der Waals surface area contributed by atoms with Crippen molar-refractivity contribution in [1.82, 2.24) is 0 Å². The van der Waals surface area contributed by atoms with E-state index in [0.717, 1.165) is 21.9 Å². The SMILES string of the molecule is C#Cc1ccc2ccccc2c1C#C. The van der Waals surface area contributed by atoms with E-state index in [1.54, 1.807) is 0 Å². The van der Waals surface area contributed by atoms with Gasteiger partial charge in [0.2, 0.25) is 0 Å². The lowest BCUT2D eigenvalue weighted by Gasteiger charge is -2.02. The zero-order valence-corrected chi connectivity index (χ0v) is 7.62. The van der Waals surface area contributed by atoms with Crippen LogP contribution in [-0.4, -0.2) is 0 Å². The Labute approximate surface area is 83.6 Å². The first kappa shape index (κ1) is 8.42. The average molecular weight is 176 g/mol. The van der Waals surface area contributed by atoms with E-state index in [9.17, 15) is 0 Å². The van der Waals surface area contributed by atoms with Crippen LogP contribution in [0.4, 0.5) is 0 Å². The quantitative estimate of drug-likeness (QED) is 0.541. The van der Waals surface area contributed by atoms with Crippen molar-refractivity contribution in [3.63, 3.8) is 0 Å². The molecule has 0 amide bonds. The molecule has 2 aromatic rings. The van der Waals surface area contributed by atoms with E-state index < -0.39 is 0 Å². The van der Waals surface area contributed by atoms with E-state index in [2.05, 4.69) is 11.8 Å². The van der Waals surface area contributed by atoms with Gasteiger partial charge in [0.1, 0.15) is 0 Å². The zero-order chi connectivity index (χ0) is 9.97. The molecule has 14 heavy (non-hydrogen) atoms. The highest BCUT2D eigenvalue weighted by atomic mass is 14.0. The van der Waals surface area contributed by atoms with Crippen molar-refractivity contribution in [3.8, 4) is 24.7 Å². The molecular formula is C14H8. The summed E-state index contributed by atoms with van der Waals surface area (Å²) in [5, 5.41) is 2.17. The van der Waals surface area contributed by atoms with E-state index in [1.165, 1.54) is 0 Å². The van der Waals surface area contributed by atoms with Gasteiger partial charge in [-0.05, 0) is 16.8 Å². The van der Waals surface area contributed by atoms with Crippen LogP contribution in [-0.2, 0) is 0 Å². The second kappa shape index (κ2) is 3.29. The molecule has 0 heteroatoms. The van der Waals surface area contributed by atoms with Gasteiger partial charge in [-0.2, -0.15) is 0 Å². The molecule has 0 unspecified atom stereocenters. The highest BCUT2D eigenvalue weighted by molar-refractivity contribution is 5.90. The fourth-order valence-electron chi connectivity index (χ4n) is 1.55. The van der Waals surface area contributed by atoms with E-state index >= 15 is 0 Å². The van der Waals surface area contributed by atoms with Gasteiger partial charge < -0.3 is 0 Å². The molecule has 0 bridgehead atoms. The molecule has 0 nitrogen and oxygen atoms in total. The van der Waals surface area contributed by atoms with Crippen molar-refractivity contribution in [2.24, 2.45) is 0 Å². The summed E-state index contributed by atoms with van der Waals surface area (Å²) >= 11 is 0. The molecule has 0 saturated carbocycles. The number of hydrogen-bond donors (Lipinski definition) is 0. The van der Waals surface area contributed by atoms with Crippen LogP contribution in [0.3, 0.4) is 0 Å². The minimum atomic E-state index is 0.784. The molecular weight excluding hydrogens is 168 g/mol. The van der Waals surface area contributed by atoms with Gasteiger partial charge in [-0.25, -0.2) is 0 Å². The summed E-state index contributed by atoms with van der Waals surface area (Å²) in [6, 6.07) is 11.8. The largest absolute Gasteiger partial charge is 0.115 e. The molecule has 0 aliphatic carbocycles. The molecule has 0 fully saturated rings. The first-order valence-electron chi connectivity index (χ1n) is 4.32. The molecule has 64 valence electrons. The lowest BCUT2D eigenvalue weighted by molar-refractivity contribution is 1.65. The molecule has 0 spiro atoms. The standard InChI is InChI=1S/C14H8/c1-3-11-9-10-12-7-5-6-8-14(12)13(11)4-2/h1-2,5-10H. The summed E-state index contributed by atoms with van der Waals surface area (Å²) in [5.41, 5.74) is 1.59. The van der Waals surface area contributed by atoms with E-state index in [4.69, 9.17) is 12.8 Å². The van der Waals surface area contributed by atoms with Crippen LogP contribution >= 0.6 is 0 Å². The van der Waals surface area contributed by atoms with Crippen molar-refractivity contribution >= 4 is 10.8 Å². The van der Waals surface area contributed by atoms with Gasteiger partial charge in [0, 0.05) is 11.1 Å². The van der Waals surface area contributed by atoms with Crippen molar-refractivity contribution in [2.75, 3.05) is 0 Å². The van der Waals surface area contributed by atoms with Gasteiger partial charge in [-0.1, -0.05) is 42.2 Å². The monoisotopic (exact) mass is 176 g/mol. The fourth-order valence-corrected chi connectivity index (χ4v) is 1.55. The topological polar surface area (TPSA) is 0 Å². The van der Waals surface area contributed by atoms with E-state index in [-0.39, 0.29) is 0 Å². The third-order valence-electron chi connectivity index (χ3n) is 2.23. The molecule has 0 aliphatic heterocycles.